The summed E-state index contributed by atoms with van der Waals surface area (Å²) in [6.07, 6.45) is -2.33. The van der Waals surface area contributed by atoms with E-state index in [1.54, 1.807) is 44.5 Å². The van der Waals surface area contributed by atoms with Crippen molar-refractivity contribution in [2.75, 3.05) is 38.2 Å². The van der Waals surface area contributed by atoms with Crippen LogP contribution < -0.4 is 4.74 Å². The quantitative estimate of drug-likeness (QED) is 0.138. The highest BCUT2D eigenvalue weighted by atomic mass is 32.2. The summed E-state index contributed by atoms with van der Waals surface area (Å²) >= 11 is 4.35. The fourth-order valence-corrected chi connectivity index (χ4v) is 9.99. The van der Waals surface area contributed by atoms with E-state index in [9.17, 15) is 27.9 Å². The van der Waals surface area contributed by atoms with Crippen LogP contribution in [0.4, 0.5) is 13.2 Å². The summed E-state index contributed by atoms with van der Waals surface area (Å²) in [7, 11) is 3.38. The van der Waals surface area contributed by atoms with E-state index in [2.05, 4.69) is 18.0 Å². The summed E-state index contributed by atoms with van der Waals surface area (Å²) in [5, 5.41) is 10.7. The number of alkyl halides is 3. The number of halogens is 3. The Labute approximate surface area is 280 Å². The zero-order valence-electron chi connectivity index (χ0n) is 26.9. The van der Waals surface area contributed by atoms with Crippen molar-refractivity contribution in [3.8, 4) is 5.75 Å². The van der Waals surface area contributed by atoms with Crippen molar-refractivity contribution >= 4 is 57.3 Å². The predicted octanol–water partition coefficient (Wildman–Crippen LogP) is 6.13. The lowest BCUT2D eigenvalue weighted by Gasteiger charge is -2.40. The molecule has 0 spiro atoms. The van der Waals surface area contributed by atoms with E-state index in [4.69, 9.17) is 19.2 Å². The number of methoxy groups -OCH3 is 1. The Bertz CT molecular complexity index is 1340. The van der Waals surface area contributed by atoms with E-state index < -0.39 is 41.2 Å². The fraction of sp³-hybridized carbons (Fsp3) is 0.677. The number of aryl methyl sites for hydroxylation is 1. The topological polar surface area (TPSA) is 110 Å². The van der Waals surface area contributed by atoms with E-state index in [0.717, 1.165) is 41.9 Å². The number of carboxylic acid groups (broad SMARTS) is 1. The first kappa shape index (κ1) is 36.9. The lowest BCUT2D eigenvalue weighted by atomic mass is 9.82. The summed E-state index contributed by atoms with van der Waals surface area (Å²) < 4.78 is 56.9. The molecule has 0 bridgehead atoms. The number of likely N-dealkylation sites (N-methyl/N-ethyl adjacent to an activating group) is 1. The second kappa shape index (κ2) is 15.1. The Morgan fingerprint density at radius 3 is 2.57 bits per heavy atom. The van der Waals surface area contributed by atoms with Crippen molar-refractivity contribution in [3.05, 3.63) is 29.3 Å². The fourth-order valence-electron chi connectivity index (χ4n) is 5.76. The van der Waals surface area contributed by atoms with E-state index in [1.807, 2.05) is 24.1 Å². The molecule has 3 heterocycles. The Morgan fingerprint density at radius 1 is 1.20 bits per heavy atom. The molecule has 1 fully saturated rings. The van der Waals surface area contributed by atoms with Crippen LogP contribution in [0.5, 0.6) is 5.75 Å². The number of hydrogen-bond acceptors (Lipinski definition) is 11. The van der Waals surface area contributed by atoms with Crippen molar-refractivity contribution in [2.24, 2.45) is 15.4 Å². The first-order chi connectivity index (χ1) is 21.6. The number of unbranched alkanes of at least 4 members (excludes halogenated alkanes) is 2. The molecule has 0 aliphatic carbocycles. The lowest BCUT2D eigenvalue weighted by molar-refractivity contribution is -0.210. The molecule has 9 nitrogen and oxygen atoms in total. The smallest absolute Gasteiger partial charge is 0.479 e. The van der Waals surface area contributed by atoms with Crippen LogP contribution in [0, 0.1) is 5.41 Å². The van der Waals surface area contributed by atoms with Crippen molar-refractivity contribution in [3.63, 3.8) is 0 Å². The Morgan fingerprint density at radius 2 is 1.93 bits per heavy atom. The van der Waals surface area contributed by atoms with E-state index in [0.29, 0.717) is 22.3 Å². The normalized spacial score (nSPS) is 26.2. The van der Waals surface area contributed by atoms with Crippen molar-refractivity contribution < 1.29 is 42.1 Å². The Balaban J connectivity index is 1.62. The molecule has 1 saturated heterocycles. The average molecular weight is 706 g/mol. The van der Waals surface area contributed by atoms with Gasteiger partial charge >= 0.3 is 18.1 Å². The van der Waals surface area contributed by atoms with Gasteiger partial charge in [-0.05, 0) is 38.4 Å². The highest BCUT2D eigenvalue weighted by Crippen LogP contribution is 2.46. The summed E-state index contributed by atoms with van der Waals surface area (Å²) in [5.41, 5.74) is -0.527. The van der Waals surface area contributed by atoms with Gasteiger partial charge in [-0.1, -0.05) is 45.7 Å². The Kier molecular flexibility index (Phi) is 12.1. The van der Waals surface area contributed by atoms with Crippen LogP contribution in [0.1, 0.15) is 58.1 Å². The molecule has 46 heavy (non-hydrogen) atoms. The van der Waals surface area contributed by atoms with Crippen LogP contribution >= 0.6 is 35.3 Å². The molecule has 3 aliphatic rings. The molecule has 0 unspecified atom stereocenters. The van der Waals surface area contributed by atoms with E-state index in [1.165, 1.54) is 18.7 Å². The van der Waals surface area contributed by atoms with Crippen molar-refractivity contribution in [1.82, 2.24) is 4.90 Å². The molecule has 256 valence electrons. The molecule has 1 aromatic carbocycles. The van der Waals surface area contributed by atoms with Gasteiger partial charge in [-0.15, -0.1) is 35.3 Å². The van der Waals surface area contributed by atoms with Crippen LogP contribution in [-0.2, 0) is 25.5 Å². The number of carbonyl (C=O) groups is 2. The third-order valence-electron chi connectivity index (χ3n) is 8.45. The number of rotatable bonds is 14. The summed E-state index contributed by atoms with van der Waals surface area (Å²) in [4.78, 5) is 35.6. The number of ether oxygens (including phenoxy) is 3. The standard InChI is InChI=1S/C31H42F3N3O6S3/c1-7-8-9-11-18-12-10-13-21(42-17-41-6)22(18)24-35-19(14-44-24)25-37(5)20(15-45-25)23(43-28(40)31(32,33)34)29(2,3)26-36-30(4,16-46-26)27(38)39/h10,12-13,19-20,23,25H,7-9,11,14-17H2,1-6H3,(H,38,39)/t19-,20+,23-,25-,30-/m1/s1. The molecule has 5 atom stereocenters. The number of hydrogen-bond donors (Lipinski definition) is 1. The molecule has 0 radical (unpaired) electrons. The number of esters is 1. The zero-order valence-corrected chi connectivity index (χ0v) is 29.3. The van der Waals surface area contributed by atoms with Gasteiger partial charge in [-0.2, -0.15) is 13.2 Å². The van der Waals surface area contributed by atoms with Gasteiger partial charge < -0.3 is 19.3 Å². The molecule has 1 aromatic rings. The molecule has 15 heteroatoms. The van der Waals surface area contributed by atoms with Gasteiger partial charge in [-0.25, -0.2) is 9.59 Å². The van der Waals surface area contributed by atoms with Gasteiger partial charge in [0.25, 0.3) is 0 Å². The monoisotopic (exact) mass is 705 g/mol. The van der Waals surface area contributed by atoms with E-state index in [-0.39, 0.29) is 24.0 Å². The van der Waals surface area contributed by atoms with Crippen LogP contribution in [0.25, 0.3) is 0 Å². The second-order valence-electron chi connectivity index (χ2n) is 12.4. The number of nitrogens with zero attached hydrogens (tertiary/aromatic N) is 3. The van der Waals surface area contributed by atoms with Gasteiger partial charge in [0.05, 0.1) is 33.5 Å². The summed E-state index contributed by atoms with van der Waals surface area (Å²) in [6.45, 7) is 7.04. The third kappa shape index (κ3) is 8.01. The minimum absolute atomic E-state index is 0.0959. The number of carboxylic acids is 1. The zero-order chi connectivity index (χ0) is 33.9. The lowest BCUT2D eigenvalue weighted by Crippen LogP contribution is -2.54. The molecule has 3 aliphatic heterocycles. The van der Waals surface area contributed by atoms with Gasteiger partial charge in [-0.3, -0.25) is 14.9 Å². The number of aliphatic carboxylic acids is 1. The molecular weight excluding hydrogens is 664 g/mol. The SMILES string of the molecule is CCCCCc1cccc(OCOC)c1C1=N[C@@H]([C@H]2SC[C@@H]([C@@H](OC(=O)C(F)(F)F)C(C)(C)C3=N[C@@](C)(C(=O)O)CS3)N2C)CS1. The van der Waals surface area contributed by atoms with Gasteiger partial charge in [0, 0.05) is 24.4 Å². The highest BCUT2D eigenvalue weighted by molar-refractivity contribution is 8.15. The van der Waals surface area contributed by atoms with Gasteiger partial charge in [0.1, 0.15) is 16.9 Å². The third-order valence-corrected chi connectivity index (χ3v) is 12.7. The number of benzene rings is 1. The maximum atomic E-state index is 13.5. The first-order valence-electron chi connectivity index (χ1n) is 15.2. The minimum Gasteiger partial charge on any atom is -0.479 e. The Hall–Kier alpha value is -1.94. The largest absolute Gasteiger partial charge is 0.490 e. The summed E-state index contributed by atoms with van der Waals surface area (Å²) in [5.74, 6) is -1.54. The maximum absolute atomic E-state index is 13.5. The molecule has 0 amide bonds. The predicted molar refractivity (Wildman–Crippen MR) is 178 cm³/mol. The van der Waals surface area contributed by atoms with Crippen LogP contribution in [0.2, 0.25) is 0 Å². The summed E-state index contributed by atoms with van der Waals surface area (Å²) in [6, 6.07) is 5.17. The highest BCUT2D eigenvalue weighted by Gasteiger charge is 2.54. The molecule has 0 aromatic heterocycles. The first-order valence-corrected chi connectivity index (χ1v) is 18.2. The second-order valence-corrected chi connectivity index (χ2v) is 15.5. The van der Waals surface area contributed by atoms with Gasteiger partial charge in [0.15, 0.2) is 12.3 Å². The van der Waals surface area contributed by atoms with Crippen LogP contribution in [0.3, 0.4) is 0 Å². The molecule has 1 N–H and O–H groups in total. The molecular formula is C31H42F3N3O6S3. The van der Waals surface area contributed by atoms with Gasteiger partial charge in [0.2, 0.25) is 0 Å². The van der Waals surface area contributed by atoms with E-state index >= 15 is 0 Å². The number of carbonyl (C=O) groups excluding carboxylic acids is 1. The number of aliphatic imine (C=N–C) groups is 2. The average Bonchev–Trinajstić information content (AvgIpc) is 3.73. The van der Waals surface area contributed by atoms with Crippen molar-refractivity contribution in [2.45, 2.75) is 88.7 Å². The van der Waals surface area contributed by atoms with Crippen LogP contribution in [0.15, 0.2) is 28.2 Å². The minimum atomic E-state index is -5.19. The van der Waals surface area contributed by atoms with Crippen LogP contribution in [-0.4, -0.2) is 106 Å². The molecule has 4 rings (SSSR count). The maximum Gasteiger partial charge on any atom is 0.490 e. The number of thioether (sulfide) groups is 3. The van der Waals surface area contributed by atoms with Crippen molar-refractivity contribution in [1.29, 1.82) is 0 Å². The molecule has 0 saturated carbocycles.